The van der Waals surface area contributed by atoms with E-state index < -0.39 is 0 Å². The molecule has 0 bridgehead atoms. The second-order valence-corrected chi connectivity index (χ2v) is 6.38. The van der Waals surface area contributed by atoms with E-state index in [-0.39, 0.29) is 6.04 Å². The fourth-order valence-electron chi connectivity index (χ4n) is 2.20. The lowest BCUT2D eigenvalue weighted by Crippen LogP contribution is -2.14. The number of benzene rings is 1. The third-order valence-corrected chi connectivity index (χ3v) is 4.90. The van der Waals surface area contributed by atoms with Crippen molar-refractivity contribution in [1.29, 1.82) is 0 Å². The van der Waals surface area contributed by atoms with Crippen molar-refractivity contribution in [1.82, 2.24) is 0 Å². The highest BCUT2D eigenvalue weighted by molar-refractivity contribution is 9.10. The van der Waals surface area contributed by atoms with E-state index in [0.29, 0.717) is 17.2 Å². The molecule has 21 heavy (non-hydrogen) atoms. The Balaban J connectivity index is 2.33. The van der Waals surface area contributed by atoms with Gasteiger partial charge in [0.25, 0.3) is 0 Å². The minimum atomic E-state index is -0.176. The van der Waals surface area contributed by atoms with E-state index >= 15 is 0 Å². The van der Waals surface area contributed by atoms with Crippen molar-refractivity contribution >= 4 is 27.3 Å². The maximum atomic E-state index is 6.34. The summed E-state index contributed by atoms with van der Waals surface area (Å²) in [6.07, 6.45) is 0.738. The minimum absolute atomic E-state index is 0.176. The minimum Gasteiger partial charge on any atom is -0.493 e. The normalized spacial score (nSPS) is 12.0. The standard InChI is InChI=1S/C15H18BrNO3S/c1-18-13-5-4-11(14(19-2)15(13)20-3)12(17)7-10-6-9(16)8-21-10/h4-6,8,12H,7,17H2,1-3H3. The average Bonchev–Trinajstić information content (AvgIpc) is 2.90. The van der Waals surface area contributed by atoms with Crippen LogP contribution in [0.15, 0.2) is 28.1 Å². The van der Waals surface area contributed by atoms with Gasteiger partial charge in [-0.25, -0.2) is 0 Å². The van der Waals surface area contributed by atoms with E-state index in [2.05, 4.69) is 22.0 Å². The van der Waals surface area contributed by atoms with E-state index in [1.165, 1.54) is 4.88 Å². The molecular formula is C15H18BrNO3S. The van der Waals surface area contributed by atoms with Gasteiger partial charge in [0.15, 0.2) is 11.5 Å². The molecule has 2 N–H and O–H groups in total. The third kappa shape index (κ3) is 3.51. The van der Waals surface area contributed by atoms with Crippen LogP contribution in [-0.2, 0) is 6.42 Å². The van der Waals surface area contributed by atoms with E-state index in [1.54, 1.807) is 32.7 Å². The molecule has 1 aromatic carbocycles. The topological polar surface area (TPSA) is 53.7 Å². The van der Waals surface area contributed by atoms with Crippen LogP contribution in [0.25, 0.3) is 0 Å². The lowest BCUT2D eigenvalue weighted by molar-refractivity contribution is 0.320. The van der Waals surface area contributed by atoms with Crippen molar-refractivity contribution in [3.63, 3.8) is 0 Å². The lowest BCUT2D eigenvalue weighted by atomic mass is 10.0. The quantitative estimate of drug-likeness (QED) is 0.839. The van der Waals surface area contributed by atoms with E-state index in [9.17, 15) is 0 Å². The number of nitrogens with two attached hydrogens (primary N) is 1. The predicted octanol–water partition coefficient (Wildman–Crippen LogP) is 3.78. The van der Waals surface area contributed by atoms with E-state index in [0.717, 1.165) is 16.5 Å². The summed E-state index contributed by atoms with van der Waals surface area (Å²) >= 11 is 5.14. The van der Waals surface area contributed by atoms with Crippen LogP contribution in [0, 0.1) is 0 Å². The van der Waals surface area contributed by atoms with Crippen LogP contribution in [0.1, 0.15) is 16.5 Å². The fraction of sp³-hybridized carbons (Fsp3) is 0.333. The molecule has 0 aliphatic heterocycles. The largest absolute Gasteiger partial charge is 0.493 e. The van der Waals surface area contributed by atoms with Gasteiger partial charge < -0.3 is 19.9 Å². The van der Waals surface area contributed by atoms with Crippen molar-refractivity contribution in [2.24, 2.45) is 5.73 Å². The van der Waals surface area contributed by atoms with Crippen molar-refractivity contribution in [2.75, 3.05) is 21.3 Å². The van der Waals surface area contributed by atoms with E-state index in [1.807, 2.05) is 17.5 Å². The maximum absolute atomic E-state index is 6.34. The second kappa shape index (κ2) is 7.15. The monoisotopic (exact) mass is 371 g/mol. The van der Waals surface area contributed by atoms with Gasteiger partial charge in [0.2, 0.25) is 5.75 Å². The molecule has 6 heteroatoms. The number of thiophene rings is 1. The zero-order valence-corrected chi connectivity index (χ0v) is 14.6. The number of hydrogen-bond donors (Lipinski definition) is 1. The summed E-state index contributed by atoms with van der Waals surface area (Å²) in [5.74, 6) is 1.82. The molecule has 0 saturated heterocycles. The van der Waals surface area contributed by atoms with Crippen LogP contribution in [0.4, 0.5) is 0 Å². The van der Waals surface area contributed by atoms with Crippen LogP contribution in [-0.4, -0.2) is 21.3 Å². The molecule has 0 spiro atoms. The molecule has 1 aromatic heterocycles. The fourth-order valence-corrected chi connectivity index (χ4v) is 3.71. The number of methoxy groups -OCH3 is 3. The van der Waals surface area contributed by atoms with Crippen molar-refractivity contribution in [3.05, 3.63) is 38.5 Å². The van der Waals surface area contributed by atoms with Gasteiger partial charge in [-0.1, -0.05) is 0 Å². The summed E-state index contributed by atoms with van der Waals surface area (Å²) in [4.78, 5) is 1.21. The number of hydrogen-bond acceptors (Lipinski definition) is 5. The Morgan fingerprint density at radius 3 is 2.38 bits per heavy atom. The van der Waals surface area contributed by atoms with Crippen LogP contribution in [0.3, 0.4) is 0 Å². The SMILES string of the molecule is COc1ccc(C(N)Cc2cc(Br)cs2)c(OC)c1OC. The van der Waals surface area contributed by atoms with Gasteiger partial charge in [0.1, 0.15) is 0 Å². The molecule has 2 rings (SSSR count). The van der Waals surface area contributed by atoms with Gasteiger partial charge in [-0.3, -0.25) is 0 Å². The molecule has 114 valence electrons. The summed E-state index contributed by atoms with van der Waals surface area (Å²) in [6, 6.07) is 5.68. The molecule has 4 nitrogen and oxygen atoms in total. The Morgan fingerprint density at radius 2 is 1.86 bits per heavy atom. The molecule has 0 aliphatic carbocycles. The van der Waals surface area contributed by atoms with Crippen LogP contribution in [0.2, 0.25) is 0 Å². The van der Waals surface area contributed by atoms with Gasteiger partial charge >= 0.3 is 0 Å². The van der Waals surface area contributed by atoms with Gasteiger partial charge in [-0.05, 0) is 34.1 Å². The first-order valence-corrected chi connectivity index (χ1v) is 8.05. The summed E-state index contributed by atoms with van der Waals surface area (Å²) in [5.41, 5.74) is 7.25. The molecule has 0 aliphatic rings. The highest BCUT2D eigenvalue weighted by Crippen LogP contribution is 2.42. The van der Waals surface area contributed by atoms with Gasteiger partial charge in [-0.15, -0.1) is 11.3 Å². The smallest absolute Gasteiger partial charge is 0.203 e. The van der Waals surface area contributed by atoms with E-state index in [4.69, 9.17) is 19.9 Å². The Morgan fingerprint density at radius 1 is 1.14 bits per heavy atom. The first kappa shape index (κ1) is 16.1. The molecule has 0 amide bonds. The Hall–Kier alpha value is -1.24. The highest BCUT2D eigenvalue weighted by atomic mass is 79.9. The molecule has 0 radical (unpaired) electrons. The Bertz CT molecular complexity index is 615. The second-order valence-electron chi connectivity index (χ2n) is 4.47. The Kier molecular flexibility index (Phi) is 5.50. The number of halogens is 1. The van der Waals surface area contributed by atoms with Gasteiger partial charge in [0, 0.05) is 32.8 Å². The van der Waals surface area contributed by atoms with Crippen LogP contribution >= 0.6 is 27.3 Å². The highest BCUT2D eigenvalue weighted by Gasteiger charge is 2.20. The molecule has 0 saturated carbocycles. The van der Waals surface area contributed by atoms with Crippen molar-refractivity contribution < 1.29 is 14.2 Å². The lowest BCUT2D eigenvalue weighted by Gasteiger charge is -2.19. The summed E-state index contributed by atoms with van der Waals surface area (Å²) in [7, 11) is 4.79. The molecule has 1 atom stereocenters. The Labute approximate surface area is 137 Å². The zero-order valence-electron chi connectivity index (χ0n) is 12.2. The summed E-state index contributed by atoms with van der Waals surface area (Å²) in [6.45, 7) is 0. The molecule has 1 heterocycles. The third-order valence-electron chi connectivity index (χ3n) is 3.18. The molecule has 0 fully saturated rings. The first-order valence-electron chi connectivity index (χ1n) is 6.38. The first-order chi connectivity index (χ1) is 10.1. The zero-order chi connectivity index (χ0) is 15.4. The molecule has 2 aromatic rings. The summed E-state index contributed by atoms with van der Waals surface area (Å²) in [5, 5.41) is 2.05. The average molecular weight is 372 g/mol. The van der Waals surface area contributed by atoms with Crippen molar-refractivity contribution in [3.8, 4) is 17.2 Å². The summed E-state index contributed by atoms with van der Waals surface area (Å²) < 4.78 is 17.2. The number of ether oxygens (including phenoxy) is 3. The van der Waals surface area contributed by atoms with Crippen LogP contribution in [0.5, 0.6) is 17.2 Å². The predicted molar refractivity (Wildman–Crippen MR) is 88.7 cm³/mol. The molecule has 1 unspecified atom stereocenters. The maximum Gasteiger partial charge on any atom is 0.203 e. The van der Waals surface area contributed by atoms with Gasteiger partial charge in [0.05, 0.1) is 21.3 Å². The number of rotatable bonds is 6. The van der Waals surface area contributed by atoms with Crippen molar-refractivity contribution in [2.45, 2.75) is 12.5 Å². The van der Waals surface area contributed by atoms with Gasteiger partial charge in [-0.2, -0.15) is 0 Å². The van der Waals surface area contributed by atoms with Crippen LogP contribution < -0.4 is 19.9 Å². The molecular weight excluding hydrogens is 354 g/mol.